The molecule has 0 aromatic carbocycles. The van der Waals surface area contributed by atoms with Gasteiger partial charge in [0.25, 0.3) is 0 Å². The summed E-state index contributed by atoms with van der Waals surface area (Å²) in [5.74, 6) is -2.08. The van der Waals surface area contributed by atoms with E-state index in [4.69, 9.17) is 15.6 Å². The van der Waals surface area contributed by atoms with Crippen LogP contribution in [-0.4, -0.2) is 46.2 Å². The van der Waals surface area contributed by atoms with Gasteiger partial charge in [0.15, 0.2) is 0 Å². The zero-order valence-electron chi connectivity index (χ0n) is 12.0. The SMILES string of the molecule is CC1CN(C(=O)[C@H](C)N)C(C)(C)C1.O=C(O)C(F)(F)F. The number of amides is 1. The van der Waals surface area contributed by atoms with Crippen molar-refractivity contribution in [3.05, 3.63) is 0 Å². The number of alkyl halides is 3. The molecule has 0 spiro atoms. The number of likely N-dealkylation sites (tertiary alicyclic amines) is 1. The van der Waals surface area contributed by atoms with Crippen molar-refractivity contribution in [3.63, 3.8) is 0 Å². The van der Waals surface area contributed by atoms with Gasteiger partial charge in [-0.05, 0) is 33.1 Å². The fraction of sp³-hybridized carbons (Fsp3) is 0.833. The molecule has 1 unspecified atom stereocenters. The van der Waals surface area contributed by atoms with Gasteiger partial charge >= 0.3 is 12.1 Å². The van der Waals surface area contributed by atoms with E-state index in [1.165, 1.54) is 0 Å². The third-order valence-corrected chi connectivity index (χ3v) is 2.97. The lowest BCUT2D eigenvalue weighted by Crippen LogP contribution is -2.49. The van der Waals surface area contributed by atoms with Gasteiger partial charge in [-0.15, -0.1) is 0 Å². The van der Waals surface area contributed by atoms with E-state index in [1.54, 1.807) is 6.92 Å². The van der Waals surface area contributed by atoms with E-state index >= 15 is 0 Å². The van der Waals surface area contributed by atoms with Crippen LogP contribution in [0.25, 0.3) is 0 Å². The first-order chi connectivity index (χ1) is 8.79. The van der Waals surface area contributed by atoms with Crippen molar-refractivity contribution in [2.75, 3.05) is 6.54 Å². The molecule has 1 heterocycles. The number of halogens is 3. The summed E-state index contributed by atoms with van der Waals surface area (Å²) in [4.78, 5) is 22.5. The molecule has 8 heteroatoms. The summed E-state index contributed by atoms with van der Waals surface area (Å²) in [7, 11) is 0. The number of carbonyl (C=O) groups is 2. The maximum Gasteiger partial charge on any atom is 0.490 e. The Morgan fingerprint density at radius 1 is 1.40 bits per heavy atom. The zero-order chi connectivity index (χ0) is 16.3. The summed E-state index contributed by atoms with van der Waals surface area (Å²) in [5, 5.41) is 7.12. The second-order valence-corrected chi connectivity index (χ2v) is 5.66. The number of carboxylic acid groups (broad SMARTS) is 1. The van der Waals surface area contributed by atoms with Crippen LogP contribution in [-0.2, 0) is 9.59 Å². The summed E-state index contributed by atoms with van der Waals surface area (Å²) in [6.45, 7) is 9.00. The van der Waals surface area contributed by atoms with Crippen LogP contribution in [0.4, 0.5) is 13.2 Å². The first kappa shape index (κ1) is 18.7. The summed E-state index contributed by atoms with van der Waals surface area (Å²) in [6, 6.07) is -0.371. The second kappa shape index (κ2) is 6.43. The van der Waals surface area contributed by atoms with E-state index in [9.17, 15) is 18.0 Å². The Morgan fingerprint density at radius 2 is 1.80 bits per heavy atom. The Hall–Kier alpha value is -1.31. The molecule has 0 aromatic rings. The van der Waals surface area contributed by atoms with Crippen LogP contribution < -0.4 is 5.73 Å². The minimum absolute atomic E-state index is 0.00979. The molecular formula is C12H21F3N2O3. The van der Waals surface area contributed by atoms with E-state index in [2.05, 4.69) is 20.8 Å². The maximum atomic E-state index is 11.7. The van der Waals surface area contributed by atoms with Crippen molar-refractivity contribution in [2.45, 2.75) is 51.9 Å². The molecule has 0 bridgehead atoms. The van der Waals surface area contributed by atoms with Crippen molar-refractivity contribution in [1.82, 2.24) is 4.90 Å². The average Bonchev–Trinajstić information content (AvgIpc) is 2.49. The van der Waals surface area contributed by atoms with Gasteiger partial charge in [0.1, 0.15) is 0 Å². The summed E-state index contributed by atoms with van der Waals surface area (Å²) in [5.41, 5.74) is 5.58. The molecule has 1 saturated heterocycles. The van der Waals surface area contributed by atoms with Crippen LogP contribution in [0, 0.1) is 5.92 Å². The molecule has 1 aliphatic heterocycles. The molecule has 3 N–H and O–H groups in total. The van der Waals surface area contributed by atoms with E-state index in [-0.39, 0.29) is 17.5 Å². The van der Waals surface area contributed by atoms with Gasteiger partial charge < -0.3 is 15.7 Å². The number of aliphatic carboxylic acids is 1. The number of carboxylic acids is 1. The molecule has 1 rings (SSSR count). The Kier molecular flexibility index (Phi) is 6.01. The predicted molar refractivity (Wildman–Crippen MR) is 66.9 cm³/mol. The average molecular weight is 298 g/mol. The molecular weight excluding hydrogens is 277 g/mol. The molecule has 0 radical (unpaired) electrons. The lowest BCUT2D eigenvalue weighted by atomic mass is 9.97. The highest BCUT2D eigenvalue weighted by atomic mass is 19.4. The number of carbonyl (C=O) groups excluding carboxylic acids is 1. The third kappa shape index (κ3) is 5.36. The zero-order valence-corrected chi connectivity index (χ0v) is 12.0. The quantitative estimate of drug-likeness (QED) is 0.770. The molecule has 0 aromatic heterocycles. The van der Waals surface area contributed by atoms with Crippen LogP contribution >= 0.6 is 0 Å². The van der Waals surface area contributed by atoms with Crippen LogP contribution in [0.15, 0.2) is 0 Å². The van der Waals surface area contributed by atoms with Crippen LogP contribution in [0.2, 0.25) is 0 Å². The number of rotatable bonds is 1. The molecule has 2 atom stereocenters. The summed E-state index contributed by atoms with van der Waals surface area (Å²) < 4.78 is 31.7. The normalized spacial score (nSPS) is 22.8. The minimum atomic E-state index is -5.08. The van der Waals surface area contributed by atoms with E-state index < -0.39 is 12.1 Å². The van der Waals surface area contributed by atoms with Gasteiger partial charge in [-0.3, -0.25) is 4.79 Å². The van der Waals surface area contributed by atoms with Gasteiger partial charge in [-0.1, -0.05) is 6.92 Å². The topological polar surface area (TPSA) is 83.6 Å². The Labute approximate surface area is 115 Å². The standard InChI is InChI=1S/C10H20N2O.C2HF3O2/c1-7-5-10(3,4)12(6-7)9(13)8(2)11;3-2(4,5)1(6)7/h7-8H,5-6,11H2,1-4H3;(H,6,7)/t7?,8-;/m0./s1. The van der Waals surface area contributed by atoms with Crippen LogP contribution in [0.3, 0.4) is 0 Å². The van der Waals surface area contributed by atoms with Crippen LogP contribution in [0.1, 0.15) is 34.1 Å². The van der Waals surface area contributed by atoms with Crippen molar-refractivity contribution in [2.24, 2.45) is 11.7 Å². The smallest absolute Gasteiger partial charge is 0.475 e. The summed E-state index contributed by atoms with van der Waals surface area (Å²) >= 11 is 0. The van der Waals surface area contributed by atoms with Crippen molar-refractivity contribution in [1.29, 1.82) is 0 Å². The van der Waals surface area contributed by atoms with Gasteiger partial charge in [0, 0.05) is 12.1 Å². The Bertz CT molecular complexity index is 367. The molecule has 20 heavy (non-hydrogen) atoms. The second-order valence-electron chi connectivity index (χ2n) is 5.66. The number of nitrogens with zero attached hydrogens (tertiary/aromatic N) is 1. The minimum Gasteiger partial charge on any atom is -0.475 e. The van der Waals surface area contributed by atoms with Crippen molar-refractivity contribution < 1.29 is 27.9 Å². The van der Waals surface area contributed by atoms with Gasteiger partial charge in [-0.25, -0.2) is 4.79 Å². The molecule has 118 valence electrons. The van der Waals surface area contributed by atoms with Crippen molar-refractivity contribution >= 4 is 11.9 Å². The lowest BCUT2D eigenvalue weighted by Gasteiger charge is -2.32. The number of hydrogen-bond donors (Lipinski definition) is 2. The highest BCUT2D eigenvalue weighted by molar-refractivity contribution is 5.82. The molecule has 0 saturated carbocycles. The first-order valence-electron chi connectivity index (χ1n) is 6.16. The highest BCUT2D eigenvalue weighted by Crippen LogP contribution is 2.32. The highest BCUT2D eigenvalue weighted by Gasteiger charge is 2.40. The fourth-order valence-electron chi connectivity index (χ4n) is 2.22. The largest absolute Gasteiger partial charge is 0.490 e. The Balaban J connectivity index is 0.000000441. The van der Waals surface area contributed by atoms with E-state index in [0.29, 0.717) is 5.92 Å². The van der Waals surface area contributed by atoms with E-state index in [0.717, 1.165) is 13.0 Å². The monoisotopic (exact) mass is 298 g/mol. The number of hydrogen-bond acceptors (Lipinski definition) is 3. The number of nitrogens with two attached hydrogens (primary N) is 1. The molecule has 0 aliphatic carbocycles. The predicted octanol–water partition coefficient (Wildman–Crippen LogP) is 1.61. The molecule has 1 aliphatic rings. The van der Waals surface area contributed by atoms with Crippen LogP contribution in [0.5, 0.6) is 0 Å². The molecule has 5 nitrogen and oxygen atoms in total. The first-order valence-corrected chi connectivity index (χ1v) is 6.16. The lowest BCUT2D eigenvalue weighted by molar-refractivity contribution is -0.192. The maximum absolute atomic E-state index is 11.7. The van der Waals surface area contributed by atoms with Gasteiger partial charge in [0.2, 0.25) is 5.91 Å². The third-order valence-electron chi connectivity index (χ3n) is 2.97. The van der Waals surface area contributed by atoms with Gasteiger partial charge in [-0.2, -0.15) is 13.2 Å². The molecule has 1 fully saturated rings. The van der Waals surface area contributed by atoms with E-state index in [1.807, 2.05) is 4.90 Å². The molecule has 1 amide bonds. The summed E-state index contributed by atoms with van der Waals surface area (Å²) in [6.07, 6.45) is -4.01. The fourth-order valence-corrected chi connectivity index (χ4v) is 2.22. The van der Waals surface area contributed by atoms with Gasteiger partial charge in [0.05, 0.1) is 6.04 Å². The Morgan fingerprint density at radius 3 is 2.00 bits per heavy atom. The van der Waals surface area contributed by atoms with Crippen molar-refractivity contribution in [3.8, 4) is 0 Å².